The molecule has 1 aromatic rings. The molecule has 0 spiro atoms. The van der Waals surface area contributed by atoms with Crippen molar-refractivity contribution in [2.45, 2.75) is 33.7 Å². The fourth-order valence-electron chi connectivity index (χ4n) is 3.45. The standard InChI is InChI=1S/C20H34N4O2/c1-5-21-20(22-13-16-8-9-19(26-4)18(25)12-16)24-11-10-17(15-24)14-23(6-2)7-3/h8-9,12,17,25H,5-7,10-11,13-15H2,1-4H3,(H,21,22). The van der Waals surface area contributed by atoms with Crippen LogP contribution in [0, 0.1) is 5.92 Å². The van der Waals surface area contributed by atoms with Gasteiger partial charge in [0.25, 0.3) is 0 Å². The molecule has 1 aromatic carbocycles. The number of methoxy groups -OCH3 is 1. The maximum atomic E-state index is 9.93. The molecule has 1 unspecified atom stereocenters. The summed E-state index contributed by atoms with van der Waals surface area (Å²) in [5.74, 6) is 2.31. The molecule has 0 aromatic heterocycles. The second kappa shape index (κ2) is 10.3. The molecule has 0 radical (unpaired) electrons. The van der Waals surface area contributed by atoms with Gasteiger partial charge in [-0.05, 0) is 50.0 Å². The summed E-state index contributed by atoms with van der Waals surface area (Å²) in [5, 5.41) is 13.3. The molecule has 0 aliphatic carbocycles. The van der Waals surface area contributed by atoms with Gasteiger partial charge in [-0.3, -0.25) is 0 Å². The summed E-state index contributed by atoms with van der Waals surface area (Å²) in [6, 6.07) is 5.45. The van der Waals surface area contributed by atoms with Crippen LogP contribution in [0.3, 0.4) is 0 Å². The molecular formula is C20H34N4O2. The fourth-order valence-corrected chi connectivity index (χ4v) is 3.45. The van der Waals surface area contributed by atoms with E-state index < -0.39 is 0 Å². The molecule has 0 saturated carbocycles. The Bertz CT molecular complexity index is 587. The number of ether oxygens (including phenoxy) is 1. The van der Waals surface area contributed by atoms with Crippen molar-refractivity contribution in [3.05, 3.63) is 23.8 Å². The van der Waals surface area contributed by atoms with Gasteiger partial charge >= 0.3 is 0 Å². The van der Waals surface area contributed by atoms with E-state index in [-0.39, 0.29) is 5.75 Å². The van der Waals surface area contributed by atoms with Crippen LogP contribution >= 0.6 is 0 Å². The number of guanidine groups is 1. The Morgan fingerprint density at radius 3 is 2.73 bits per heavy atom. The fraction of sp³-hybridized carbons (Fsp3) is 0.650. The number of hydrogen-bond acceptors (Lipinski definition) is 4. The van der Waals surface area contributed by atoms with Crippen molar-refractivity contribution in [3.8, 4) is 11.5 Å². The molecule has 6 heteroatoms. The van der Waals surface area contributed by atoms with Crippen molar-refractivity contribution < 1.29 is 9.84 Å². The third kappa shape index (κ3) is 5.53. The minimum absolute atomic E-state index is 0.158. The highest BCUT2D eigenvalue weighted by molar-refractivity contribution is 5.80. The Morgan fingerprint density at radius 1 is 1.35 bits per heavy atom. The number of nitrogens with zero attached hydrogens (tertiary/aromatic N) is 3. The predicted octanol–water partition coefficient (Wildman–Crippen LogP) is 2.53. The molecular weight excluding hydrogens is 328 g/mol. The van der Waals surface area contributed by atoms with Crippen LogP contribution in [0.15, 0.2) is 23.2 Å². The summed E-state index contributed by atoms with van der Waals surface area (Å²) in [4.78, 5) is 9.64. The monoisotopic (exact) mass is 362 g/mol. The van der Waals surface area contributed by atoms with Crippen LogP contribution in [0.5, 0.6) is 11.5 Å². The van der Waals surface area contributed by atoms with Gasteiger partial charge in [0, 0.05) is 26.2 Å². The number of phenols is 1. The summed E-state index contributed by atoms with van der Waals surface area (Å²) >= 11 is 0. The van der Waals surface area contributed by atoms with Gasteiger partial charge in [-0.15, -0.1) is 0 Å². The van der Waals surface area contributed by atoms with E-state index >= 15 is 0 Å². The van der Waals surface area contributed by atoms with Crippen LogP contribution in [0.25, 0.3) is 0 Å². The zero-order valence-corrected chi connectivity index (χ0v) is 16.7. The SMILES string of the molecule is CCNC(=NCc1ccc(OC)c(O)c1)N1CCC(CN(CC)CC)C1. The molecule has 1 aliphatic rings. The van der Waals surface area contributed by atoms with E-state index in [1.807, 2.05) is 6.07 Å². The third-order valence-corrected chi connectivity index (χ3v) is 4.99. The van der Waals surface area contributed by atoms with E-state index in [2.05, 4.69) is 35.9 Å². The molecule has 1 fully saturated rings. The second-order valence-corrected chi connectivity index (χ2v) is 6.76. The number of rotatable bonds is 8. The average molecular weight is 363 g/mol. The molecule has 146 valence electrons. The van der Waals surface area contributed by atoms with Crippen LogP contribution in [0.1, 0.15) is 32.8 Å². The Morgan fingerprint density at radius 2 is 2.12 bits per heavy atom. The molecule has 1 atom stereocenters. The van der Waals surface area contributed by atoms with Crippen molar-refractivity contribution >= 4 is 5.96 Å². The van der Waals surface area contributed by atoms with E-state index in [0.717, 1.165) is 50.8 Å². The minimum atomic E-state index is 0.158. The van der Waals surface area contributed by atoms with Gasteiger partial charge in [0.1, 0.15) is 0 Å². The summed E-state index contributed by atoms with van der Waals surface area (Å²) in [6.07, 6.45) is 1.21. The number of aliphatic imine (C=N–C) groups is 1. The predicted molar refractivity (Wildman–Crippen MR) is 107 cm³/mol. The minimum Gasteiger partial charge on any atom is -0.504 e. The number of benzene rings is 1. The number of aromatic hydroxyl groups is 1. The van der Waals surface area contributed by atoms with E-state index in [0.29, 0.717) is 18.2 Å². The number of hydrogen-bond donors (Lipinski definition) is 2. The largest absolute Gasteiger partial charge is 0.504 e. The normalized spacial score (nSPS) is 17.8. The molecule has 2 rings (SSSR count). The molecule has 1 aliphatic heterocycles. The maximum Gasteiger partial charge on any atom is 0.194 e. The highest BCUT2D eigenvalue weighted by atomic mass is 16.5. The molecule has 0 amide bonds. The summed E-state index contributed by atoms with van der Waals surface area (Å²) in [6.45, 7) is 13.4. The highest BCUT2D eigenvalue weighted by Crippen LogP contribution is 2.26. The number of likely N-dealkylation sites (tertiary alicyclic amines) is 1. The topological polar surface area (TPSA) is 60.3 Å². The summed E-state index contributed by atoms with van der Waals surface area (Å²) in [7, 11) is 1.55. The average Bonchev–Trinajstić information content (AvgIpc) is 3.11. The van der Waals surface area contributed by atoms with Crippen LogP contribution < -0.4 is 10.1 Å². The zero-order chi connectivity index (χ0) is 18.9. The zero-order valence-electron chi connectivity index (χ0n) is 16.7. The van der Waals surface area contributed by atoms with Crippen LogP contribution in [-0.2, 0) is 6.54 Å². The number of nitrogens with one attached hydrogen (secondary N) is 1. The van der Waals surface area contributed by atoms with Gasteiger partial charge in [-0.1, -0.05) is 19.9 Å². The van der Waals surface area contributed by atoms with Crippen molar-refractivity contribution in [1.82, 2.24) is 15.1 Å². The smallest absolute Gasteiger partial charge is 0.194 e. The van der Waals surface area contributed by atoms with E-state index in [4.69, 9.17) is 9.73 Å². The van der Waals surface area contributed by atoms with Crippen molar-refractivity contribution in [2.24, 2.45) is 10.9 Å². The maximum absolute atomic E-state index is 9.93. The van der Waals surface area contributed by atoms with E-state index in [1.165, 1.54) is 6.42 Å². The van der Waals surface area contributed by atoms with Crippen LogP contribution in [-0.4, -0.2) is 67.2 Å². The van der Waals surface area contributed by atoms with E-state index in [9.17, 15) is 5.11 Å². The Kier molecular flexibility index (Phi) is 8.04. The molecule has 6 nitrogen and oxygen atoms in total. The van der Waals surface area contributed by atoms with Gasteiger partial charge in [-0.2, -0.15) is 0 Å². The molecule has 2 N–H and O–H groups in total. The van der Waals surface area contributed by atoms with Gasteiger partial charge in [0.2, 0.25) is 0 Å². The number of phenolic OH excluding ortho intramolecular Hbond substituents is 1. The molecule has 1 saturated heterocycles. The Labute approximate surface area is 157 Å². The molecule has 26 heavy (non-hydrogen) atoms. The second-order valence-electron chi connectivity index (χ2n) is 6.76. The lowest BCUT2D eigenvalue weighted by Crippen LogP contribution is -2.40. The summed E-state index contributed by atoms with van der Waals surface area (Å²) in [5.41, 5.74) is 0.970. The first-order valence-corrected chi connectivity index (χ1v) is 9.72. The van der Waals surface area contributed by atoms with Crippen molar-refractivity contribution in [1.29, 1.82) is 0 Å². The van der Waals surface area contributed by atoms with Crippen molar-refractivity contribution in [2.75, 3.05) is 46.4 Å². The molecule has 0 bridgehead atoms. The van der Waals surface area contributed by atoms with Crippen LogP contribution in [0.2, 0.25) is 0 Å². The van der Waals surface area contributed by atoms with Gasteiger partial charge in [0.15, 0.2) is 17.5 Å². The highest BCUT2D eigenvalue weighted by Gasteiger charge is 2.25. The first-order chi connectivity index (χ1) is 12.6. The quantitative estimate of drug-likeness (QED) is 0.550. The first kappa shape index (κ1) is 20.4. The lowest BCUT2D eigenvalue weighted by atomic mass is 10.1. The van der Waals surface area contributed by atoms with Gasteiger partial charge < -0.3 is 25.0 Å². The van der Waals surface area contributed by atoms with Crippen molar-refractivity contribution in [3.63, 3.8) is 0 Å². The lowest BCUT2D eigenvalue weighted by Gasteiger charge is -2.24. The Hall–Kier alpha value is -1.95. The van der Waals surface area contributed by atoms with E-state index in [1.54, 1.807) is 19.2 Å². The van der Waals surface area contributed by atoms with Crippen LogP contribution in [0.4, 0.5) is 0 Å². The van der Waals surface area contributed by atoms with Gasteiger partial charge in [0.05, 0.1) is 13.7 Å². The lowest BCUT2D eigenvalue weighted by molar-refractivity contribution is 0.255. The third-order valence-electron chi connectivity index (χ3n) is 4.99. The summed E-state index contributed by atoms with van der Waals surface area (Å²) < 4.78 is 5.10. The Balaban J connectivity index is 1.99. The van der Waals surface area contributed by atoms with Gasteiger partial charge in [-0.25, -0.2) is 4.99 Å². The first-order valence-electron chi connectivity index (χ1n) is 9.72. The molecule has 1 heterocycles.